The number of aromatic nitrogens is 2. The summed E-state index contributed by atoms with van der Waals surface area (Å²) in [5.74, 6) is 1.11. The summed E-state index contributed by atoms with van der Waals surface area (Å²) in [4.78, 5) is 0. The van der Waals surface area contributed by atoms with Crippen LogP contribution >= 0.6 is 0 Å². The quantitative estimate of drug-likeness (QED) is 0.518. The molecule has 134 valence electrons. The van der Waals surface area contributed by atoms with Crippen molar-refractivity contribution >= 4 is 0 Å². The maximum absolute atomic E-state index is 5.92. The van der Waals surface area contributed by atoms with Crippen molar-refractivity contribution in [2.24, 2.45) is 0 Å². The van der Waals surface area contributed by atoms with Crippen LogP contribution in [0.4, 0.5) is 0 Å². The third kappa shape index (κ3) is 3.96. The van der Waals surface area contributed by atoms with Crippen molar-refractivity contribution < 1.29 is 4.42 Å². The zero-order valence-electron chi connectivity index (χ0n) is 15.1. The summed E-state index contributed by atoms with van der Waals surface area (Å²) in [6, 6.07) is 30.5. The number of hydrogen-bond donors (Lipinski definition) is 1. The topological polar surface area (TPSA) is 51.0 Å². The average molecular weight is 355 g/mol. The van der Waals surface area contributed by atoms with Gasteiger partial charge in [0.2, 0.25) is 11.8 Å². The minimum Gasteiger partial charge on any atom is -0.419 e. The molecule has 1 heterocycles. The van der Waals surface area contributed by atoms with Crippen molar-refractivity contribution in [3.05, 3.63) is 108 Å². The number of rotatable bonds is 6. The Hall–Kier alpha value is -3.24. The van der Waals surface area contributed by atoms with Crippen molar-refractivity contribution in [2.75, 3.05) is 0 Å². The molecular formula is C23H21N3O. The molecular weight excluding hydrogens is 334 g/mol. The van der Waals surface area contributed by atoms with Gasteiger partial charge in [-0.05, 0) is 30.2 Å². The fraction of sp³-hybridized carbons (Fsp3) is 0.130. The largest absolute Gasteiger partial charge is 0.419 e. The Balaban J connectivity index is 1.59. The van der Waals surface area contributed by atoms with Crippen molar-refractivity contribution in [2.45, 2.75) is 19.0 Å². The Morgan fingerprint density at radius 1 is 0.704 bits per heavy atom. The first-order chi connectivity index (χ1) is 13.3. The lowest BCUT2D eigenvalue weighted by molar-refractivity contribution is 0.403. The van der Waals surface area contributed by atoms with Crippen LogP contribution in [-0.2, 0) is 0 Å². The SMILES string of the molecule is CC(NC(c1ccccc1)c1ccccc1)c1nnc(-c2ccccc2)o1. The fourth-order valence-corrected chi connectivity index (χ4v) is 3.10. The van der Waals surface area contributed by atoms with Crippen molar-refractivity contribution in [3.8, 4) is 11.5 Å². The summed E-state index contributed by atoms with van der Waals surface area (Å²) in [6.45, 7) is 2.04. The predicted molar refractivity (Wildman–Crippen MR) is 106 cm³/mol. The Morgan fingerprint density at radius 2 is 1.22 bits per heavy atom. The molecule has 4 rings (SSSR count). The van der Waals surface area contributed by atoms with Gasteiger partial charge in [-0.3, -0.25) is 5.32 Å². The number of benzene rings is 3. The molecule has 0 radical (unpaired) electrons. The highest BCUT2D eigenvalue weighted by molar-refractivity contribution is 5.51. The molecule has 0 aliphatic rings. The van der Waals surface area contributed by atoms with Gasteiger partial charge in [-0.2, -0.15) is 0 Å². The Bertz CT molecular complexity index is 929. The van der Waals surface area contributed by atoms with E-state index in [1.54, 1.807) is 0 Å². The lowest BCUT2D eigenvalue weighted by Crippen LogP contribution is -2.25. The zero-order valence-corrected chi connectivity index (χ0v) is 15.1. The minimum absolute atomic E-state index is 0.0366. The van der Waals surface area contributed by atoms with E-state index in [9.17, 15) is 0 Å². The van der Waals surface area contributed by atoms with Gasteiger partial charge >= 0.3 is 0 Å². The van der Waals surface area contributed by atoms with Gasteiger partial charge in [-0.25, -0.2) is 0 Å². The van der Waals surface area contributed by atoms with Crippen molar-refractivity contribution in [1.82, 2.24) is 15.5 Å². The van der Waals surface area contributed by atoms with E-state index in [2.05, 4.69) is 64.0 Å². The Labute approximate surface area is 158 Å². The number of nitrogens with one attached hydrogen (secondary N) is 1. The molecule has 27 heavy (non-hydrogen) atoms. The summed E-state index contributed by atoms with van der Waals surface area (Å²) in [7, 11) is 0. The third-order valence-corrected chi connectivity index (χ3v) is 4.51. The molecule has 4 aromatic rings. The first-order valence-electron chi connectivity index (χ1n) is 9.06. The van der Waals surface area contributed by atoms with Gasteiger partial charge in [0.05, 0.1) is 12.1 Å². The van der Waals surface area contributed by atoms with Gasteiger partial charge in [-0.1, -0.05) is 78.9 Å². The first-order valence-corrected chi connectivity index (χ1v) is 9.06. The smallest absolute Gasteiger partial charge is 0.247 e. The van der Waals surface area contributed by atoms with E-state index >= 15 is 0 Å². The van der Waals surface area contributed by atoms with Crippen LogP contribution in [-0.4, -0.2) is 10.2 Å². The molecule has 0 amide bonds. The minimum atomic E-state index is -0.0969. The van der Waals surface area contributed by atoms with Crippen LogP contribution in [0.2, 0.25) is 0 Å². The van der Waals surface area contributed by atoms with E-state index in [1.807, 2.05) is 49.4 Å². The predicted octanol–water partition coefficient (Wildman–Crippen LogP) is 5.18. The van der Waals surface area contributed by atoms with E-state index in [0.29, 0.717) is 11.8 Å². The highest BCUT2D eigenvalue weighted by Gasteiger charge is 2.21. The monoisotopic (exact) mass is 355 g/mol. The summed E-state index contributed by atoms with van der Waals surface area (Å²) in [5, 5.41) is 12.1. The van der Waals surface area contributed by atoms with Crippen molar-refractivity contribution in [1.29, 1.82) is 0 Å². The number of hydrogen-bond acceptors (Lipinski definition) is 4. The van der Waals surface area contributed by atoms with E-state index in [4.69, 9.17) is 4.42 Å². The molecule has 4 nitrogen and oxygen atoms in total. The Morgan fingerprint density at radius 3 is 1.78 bits per heavy atom. The number of nitrogens with zero attached hydrogens (tertiary/aromatic N) is 2. The standard InChI is InChI=1S/C23H21N3O/c1-17(22-25-26-23(27-22)20-15-9-4-10-16-20)24-21(18-11-5-2-6-12-18)19-13-7-3-8-14-19/h2-17,21,24H,1H3. The lowest BCUT2D eigenvalue weighted by atomic mass is 9.98. The van der Waals surface area contributed by atoms with Crippen LogP contribution in [0.1, 0.15) is 36.0 Å². The molecule has 3 aromatic carbocycles. The molecule has 4 heteroatoms. The summed E-state index contributed by atoms with van der Waals surface area (Å²) in [6.07, 6.45) is 0. The fourth-order valence-electron chi connectivity index (χ4n) is 3.10. The van der Waals surface area contributed by atoms with Crippen molar-refractivity contribution in [3.63, 3.8) is 0 Å². The lowest BCUT2D eigenvalue weighted by Gasteiger charge is -2.22. The van der Waals surface area contributed by atoms with Gasteiger partial charge in [-0.15, -0.1) is 10.2 Å². The third-order valence-electron chi connectivity index (χ3n) is 4.51. The molecule has 1 N–H and O–H groups in total. The molecule has 0 aliphatic heterocycles. The van der Waals surface area contributed by atoms with Crippen LogP contribution in [0, 0.1) is 0 Å². The molecule has 0 fully saturated rings. The van der Waals surface area contributed by atoms with E-state index in [1.165, 1.54) is 11.1 Å². The van der Waals surface area contributed by atoms with Crippen LogP contribution in [0.15, 0.2) is 95.4 Å². The van der Waals surface area contributed by atoms with E-state index in [-0.39, 0.29) is 12.1 Å². The molecule has 0 saturated carbocycles. The van der Waals surface area contributed by atoms with Crippen LogP contribution < -0.4 is 5.32 Å². The molecule has 0 saturated heterocycles. The maximum Gasteiger partial charge on any atom is 0.247 e. The highest BCUT2D eigenvalue weighted by Crippen LogP contribution is 2.26. The van der Waals surface area contributed by atoms with Gasteiger partial charge in [0.25, 0.3) is 0 Å². The van der Waals surface area contributed by atoms with Gasteiger partial charge in [0, 0.05) is 5.56 Å². The maximum atomic E-state index is 5.92. The molecule has 0 aliphatic carbocycles. The van der Waals surface area contributed by atoms with Gasteiger partial charge in [0.1, 0.15) is 0 Å². The summed E-state index contributed by atoms with van der Waals surface area (Å²) < 4.78 is 5.92. The summed E-state index contributed by atoms with van der Waals surface area (Å²) in [5.41, 5.74) is 3.31. The van der Waals surface area contributed by atoms with Gasteiger partial charge < -0.3 is 4.42 Å². The zero-order chi connectivity index (χ0) is 18.5. The second kappa shape index (κ2) is 7.98. The second-order valence-corrected chi connectivity index (χ2v) is 6.45. The Kier molecular flexibility index (Phi) is 5.08. The molecule has 1 atom stereocenters. The molecule has 0 spiro atoms. The normalized spacial score (nSPS) is 12.2. The van der Waals surface area contributed by atoms with Crippen LogP contribution in [0.3, 0.4) is 0 Å². The second-order valence-electron chi connectivity index (χ2n) is 6.45. The summed E-state index contributed by atoms with van der Waals surface area (Å²) >= 11 is 0. The molecule has 1 unspecified atom stereocenters. The molecule has 1 aromatic heterocycles. The van der Waals surface area contributed by atoms with E-state index < -0.39 is 0 Å². The van der Waals surface area contributed by atoms with Crippen LogP contribution in [0.5, 0.6) is 0 Å². The van der Waals surface area contributed by atoms with Gasteiger partial charge in [0.15, 0.2) is 0 Å². The van der Waals surface area contributed by atoms with E-state index in [0.717, 1.165) is 5.56 Å². The first kappa shape index (κ1) is 17.2. The van der Waals surface area contributed by atoms with Crippen LogP contribution in [0.25, 0.3) is 11.5 Å². The molecule has 0 bridgehead atoms. The average Bonchev–Trinajstić information content (AvgIpc) is 3.24. The highest BCUT2D eigenvalue weighted by atomic mass is 16.4.